The van der Waals surface area contributed by atoms with Crippen molar-refractivity contribution in [2.24, 2.45) is 5.41 Å². The van der Waals surface area contributed by atoms with Crippen molar-refractivity contribution in [1.82, 2.24) is 0 Å². The van der Waals surface area contributed by atoms with Crippen LogP contribution in [0.2, 0.25) is 10.0 Å². The van der Waals surface area contributed by atoms with E-state index in [1.165, 1.54) is 19.2 Å². The van der Waals surface area contributed by atoms with Crippen LogP contribution in [0.15, 0.2) is 91.0 Å². The third-order valence-electron chi connectivity index (χ3n) is 8.69. The molecule has 3 atom stereocenters. The van der Waals surface area contributed by atoms with Crippen LogP contribution in [0.4, 0.5) is 10.1 Å². The van der Waals surface area contributed by atoms with Crippen LogP contribution in [0.3, 0.4) is 0 Å². The van der Waals surface area contributed by atoms with E-state index in [-0.39, 0.29) is 22.4 Å². The van der Waals surface area contributed by atoms with Gasteiger partial charge >= 0.3 is 0 Å². The second-order valence-electron chi connectivity index (χ2n) is 10.7. The number of ether oxygens (including phenoxy) is 1. The van der Waals surface area contributed by atoms with Gasteiger partial charge in [0.2, 0.25) is 0 Å². The molecule has 4 aromatic rings. The minimum atomic E-state index is -1.73. The summed E-state index contributed by atoms with van der Waals surface area (Å²) in [6.45, 7) is 0. The van der Waals surface area contributed by atoms with Crippen molar-refractivity contribution in [2.45, 2.75) is 18.0 Å². The zero-order valence-electron chi connectivity index (χ0n) is 22.2. The van der Waals surface area contributed by atoms with Crippen LogP contribution in [-0.4, -0.2) is 36.5 Å². The van der Waals surface area contributed by atoms with Crippen molar-refractivity contribution in [3.8, 4) is 5.75 Å². The Morgan fingerprint density at radius 1 is 0.905 bits per heavy atom. The van der Waals surface area contributed by atoms with Crippen LogP contribution < -0.4 is 9.64 Å². The van der Waals surface area contributed by atoms with Gasteiger partial charge in [-0.15, -0.1) is 0 Å². The number of hydrogen-bond acceptors (Lipinski definition) is 5. The number of hydrogen-bond donors (Lipinski definition) is 0. The molecular formula is C34H22Cl2FNO4. The molecule has 208 valence electrons. The Kier molecular flexibility index (Phi) is 6.12. The van der Waals surface area contributed by atoms with E-state index in [0.29, 0.717) is 44.3 Å². The number of ketones is 3. The third kappa shape index (κ3) is 3.58. The molecule has 2 aliphatic heterocycles. The number of carbonyl (C=O) groups is 3. The van der Waals surface area contributed by atoms with E-state index in [2.05, 4.69) is 0 Å². The zero-order valence-corrected chi connectivity index (χ0v) is 23.7. The summed E-state index contributed by atoms with van der Waals surface area (Å²) in [5.41, 5.74) is 0.706. The first-order valence-electron chi connectivity index (χ1n) is 13.3. The Balaban J connectivity index is 1.56. The van der Waals surface area contributed by atoms with Gasteiger partial charge in [0, 0.05) is 43.9 Å². The summed E-state index contributed by atoms with van der Waals surface area (Å²) in [7, 11) is 1.51. The third-order valence-corrected chi connectivity index (χ3v) is 9.25. The SMILES string of the molecule is COc1cccc(C(=O)[C@@H]2[C@H](c3ccc(Cl)cc3Cl)C3(C(=O)c4ccccc4C3=O)[C@@H]3C=Cc4cc(F)ccc4N23)c1. The fourth-order valence-corrected chi connectivity index (χ4v) is 7.52. The number of Topliss-reactive ketones (excluding diaryl/α,β-unsaturated/α-hetero) is 3. The molecule has 0 amide bonds. The number of nitrogens with zero attached hydrogens (tertiary/aromatic N) is 1. The zero-order chi connectivity index (χ0) is 29.3. The molecule has 1 fully saturated rings. The summed E-state index contributed by atoms with van der Waals surface area (Å²) in [4.78, 5) is 45.9. The Morgan fingerprint density at radius 3 is 2.33 bits per heavy atom. The lowest BCUT2D eigenvalue weighted by atomic mass is 9.64. The molecule has 5 nitrogen and oxygen atoms in total. The van der Waals surface area contributed by atoms with E-state index in [1.54, 1.807) is 89.8 Å². The molecule has 8 heteroatoms. The number of benzene rings is 4. The number of methoxy groups -OCH3 is 1. The molecular weight excluding hydrogens is 576 g/mol. The van der Waals surface area contributed by atoms with Crippen LogP contribution in [0.1, 0.15) is 48.1 Å². The van der Waals surface area contributed by atoms with E-state index in [4.69, 9.17) is 27.9 Å². The van der Waals surface area contributed by atoms with Gasteiger partial charge in [-0.3, -0.25) is 14.4 Å². The van der Waals surface area contributed by atoms with Gasteiger partial charge in [0.15, 0.2) is 17.3 Å². The Bertz CT molecular complexity index is 1830. The molecule has 3 aliphatic rings. The maximum Gasteiger partial charge on any atom is 0.186 e. The second kappa shape index (κ2) is 9.65. The lowest BCUT2D eigenvalue weighted by Crippen LogP contribution is -2.48. The predicted molar refractivity (Wildman–Crippen MR) is 160 cm³/mol. The van der Waals surface area contributed by atoms with Crippen molar-refractivity contribution in [3.63, 3.8) is 0 Å². The first-order valence-corrected chi connectivity index (χ1v) is 14.1. The number of anilines is 1. The van der Waals surface area contributed by atoms with E-state index in [1.807, 2.05) is 0 Å². The number of rotatable bonds is 4. The monoisotopic (exact) mass is 597 g/mol. The largest absolute Gasteiger partial charge is 0.497 e. The van der Waals surface area contributed by atoms with E-state index < -0.39 is 29.2 Å². The lowest BCUT2D eigenvalue weighted by Gasteiger charge is -2.37. The van der Waals surface area contributed by atoms with Gasteiger partial charge in [0.05, 0.1) is 13.2 Å². The fourth-order valence-electron chi connectivity index (χ4n) is 6.99. The van der Waals surface area contributed by atoms with E-state index in [9.17, 15) is 18.8 Å². The van der Waals surface area contributed by atoms with Crippen molar-refractivity contribution < 1.29 is 23.5 Å². The normalized spacial score (nSPS) is 21.3. The van der Waals surface area contributed by atoms with Gasteiger partial charge < -0.3 is 9.64 Å². The Labute approximate surface area is 251 Å². The highest BCUT2D eigenvalue weighted by atomic mass is 35.5. The topological polar surface area (TPSA) is 63.7 Å². The van der Waals surface area contributed by atoms with Crippen molar-refractivity contribution >= 4 is 52.3 Å². The van der Waals surface area contributed by atoms with E-state index in [0.717, 1.165) is 0 Å². The summed E-state index contributed by atoms with van der Waals surface area (Å²) in [6, 6.07) is 20.6. The molecule has 1 saturated heterocycles. The molecule has 0 radical (unpaired) electrons. The van der Waals surface area contributed by atoms with Gasteiger partial charge in [-0.05, 0) is 48.0 Å². The highest BCUT2D eigenvalue weighted by Crippen LogP contribution is 2.61. The van der Waals surface area contributed by atoms with Gasteiger partial charge in [0.25, 0.3) is 0 Å². The number of fused-ring (bicyclic) bond motifs is 5. The first kappa shape index (κ1) is 26.6. The van der Waals surface area contributed by atoms with Crippen LogP contribution in [0.25, 0.3) is 6.08 Å². The maximum atomic E-state index is 14.7. The minimum Gasteiger partial charge on any atom is -0.497 e. The summed E-state index contributed by atoms with van der Waals surface area (Å²) in [5.74, 6) is -2.09. The first-order chi connectivity index (χ1) is 20.3. The molecule has 0 aromatic heterocycles. The average molecular weight is 598 g/mol. The van der Waals surface area contributed by atoms with Crippen molar-refractivity contribution in [2.75, 3.05) is 12.0 Å². The van der Waals surface area contributed by atoms with Gasteiger partial charge in [-0.25, -0.2) is 4.39 Å². The maximum absolute atomic E-state index is 14.7. The Hall–Kier alpha value is -4.26. The molecule has 42 heavy (non-hydrogen) atoms. The van der Waals surface area contributed by atoms with E-state index >= 15 is 0 Å². The molecule has 4 aromatic carbocycles. The van der Waals surface area contributed by atoms with Crippen LogP contribution in [0.5, 0.6) is 5.75 Å². The molecule has 1 aliphatic carbocycles. The molecule has 0 saturated carbocycles. The van der Waals surface area contributed by atoms with Crippen LogP contribution in [0, 0.1) is 11.2 Å². The van der Waals surface area contributed by atoms with Crippen molar-refractivity contribution in [1.29, 1.82) is 0 Å². The summed E-state index contributed by atoms with van der Waals surface area (Å²) >= 11 is 13.1. The second-order valence-corrected chi connectivity index (χ2v) is 11.5. The number of halogens is 3. The molecule has 0 unspecified atom stereocenters. The average Bonchev–Trinajstić information content (AvgIpc) is 3.42. The quantitative estimate of drug-likeness (QED) is 0.180. The van der Waals surface area contributed by atoms with Crippen molar-refractivity contribution in [3.05, 3.63) is 135 Å². The summed E-state index contributed by atoms with van der Waals surface area (Å²) < 4.78 is 19.8. The highest BCUT2D eigenvalue weighted by molar-refractivity contribution is 6.36. The molecule has 7 rings (SSSR count). The molecule has 1 spiro atoms. The van der Waals surface area contributed by atoms with Crippen LogP contribution >= 0.6 is 23.2 Å². The number of carbonyl (C=O) groups excluding carboxylic acids is 3. The Morgan fingerprint density at radius 2 is 1.64 bits per heavy atom. The van der Waals surface area contributed by atoms with Gasteiger partial charge in [-0.2, -0.15) is 0 Å². The smallest absolute Gasteiger partial charge is 0.186 e. The molecule has 0 bridgehead atoms. The lowest BCUT2D eigenvalue weighted by molar-refractivity contribution is 0.0666. The molecule has 0 N–H and O–H groups in total. The van der Waals surface area contributed by atoms with Crippen LogP contribution in [-0.2, 0) is 0 Å². The minimum absolute atomic E-state index is 0.232. The fraction of sp³-hybridized carbons (Fsp3) is 0.147. The molecule has 2 heterocycles. The summed E-state index contributed by atoms with van der Waals surface area (Å²) in [6.07, 6.45) is 3.45. The predicted octanol–water partition coefficient (Wildman–Crippen LogP) is 7.46. The van der Waals surface area contributed by atoms with Gasteiger partial charge in [0.1, 0.15) is 23.0 Å². The summed E-state index contributed by atoms with van der Waals surface area (Å²) in [5, 5.41) is 0.604. The standard InChI is InChI=1S/C34H22Cl2FNO4/c1-42-22-6-4-5-19(16-22)31(39)30-29(25-12-10-20(35)17-26(25)36)34(32(40)23-7-2-3-8-24(23)33(34)41)28-14-9-18-15-21(37)11-13-27(18)38(28)30/h2-17,28-30H,1H3/t28-,29-,30-/m0/s1. The van der Waals surface area contributed by atoms with Gasteiger partial charge in [-0.1, -0.05) is 77.8 Å². The highest BCUT2D eigenvalue weighted by Gasteiger charge is 2.71.